The van der Waals surface area contributed by atoms with Gasteiger partial charge in [-0.1, -0.05) is 41.9 Å². The van der Waals surface area contributed by atoms with Crippen molar-refractivity contribution in [3.8, 4) is 0 Å². The lowest BCUT2D eigenvalue weighted by molar-refractivity contribution is 0.0952. The van der Waals surface area contributed by atoms with Crippen LogP contribution in [0.3, 0.4) is 0 Å². The minimum absolute atomic E-state index is 0.270. The van der Waals surface area contributed by atoms with Gasteiger partial charge in [-0.15, -0.1) is 0 Å². The third-order valence-electron chi connectivity index (χ3n) is 3.88. The Hall–Kier alpha value is -3.18. The Balaban J connectivity index is 1.77. The number of halogens is 2. The van der Waals surface area contributed by atoms with Crippen molar-refractivity contribution in [2.45, 2.75) is 6.54 Å². The molecule has 0 aliphatic carbocycles. The topological polar surface area (TPSA) is 58.2 Å². The quantitative estimate of drug-likeness (QED) is 0.674. The van der Waals surface area contributed by atoms with E-state index in [1.807, 2.05) is 30.3 Å². The van der Waals surface area contributed by atoms with Gasteiger partial charge in [-0.3, -0.25) is 9.59 Å². The van der Waals surface area contributed by atoms with Crippen LogP contribution in [0.1, 0.15) is 26.3 Å². The van der Waals surface area contributed by atoms with Gasteiger partial charge in [0.1, 0.15) is 5.82 Å². The summed E-state index contributed by atoms with van der Waals surface area (Å²) in [5, 5.41) is 5.85. The van der Waals surface area contributed by atoms with E-state index >= 15 is 0 Å². The molecule has 3 aromatic rings. The van der Waals surface area contributed by atoms with Gasteiger partial charge in [0.2, 0.25) is 0 Å². The van der Waals surface area contributed by atoms with Crippen molar-refractivity contribution < 1.29 is 14.0 Å². The first-order valence-corrected chi connectivity index (χ1v) is 8.59. The molecule has 0 fully saturated rings. The van der Waals surface area contributed by atoms with Crippen LogP contribution in [0.5, 0.6) is 0 Å². The number of anilines is 1. The number of carbonyl (C=O) groups is 2. The summed E-state index contributed by atoms with van der Waals surface area (Å²) in [5.41, 5.74) is 1.79. The normalized spacial score (nSPS) is 10.3. The maximum absolute atomic E-state index is 13.0. The van der Waals surface area contributed by atoms with Gasteiger partial charge >= 0.3 is 0 Å². The second-order valence-electron chi connectivity index (χ2n) is 5.82. The maximum Gasteiger partial charge on any atom is 0.255 e. The molecule has 3 aromatic carbocycles. The molecule has 0 aromatic heterocycles. The van der Waals surface area contributed by atoms with E-state index in [0.29, 0.717) is 11.6 Å². The molecule has 0 bridgehead atoms. The summed E-state index contributed by atoms with van der Waals surface area (Å²) >= 11 is 6.01. The Labute approximate surface area is 161 Å². The van der Waals surface area contributed by atoms with Crippen LogP contribution in [0.25, 0.3) is 0 Å². The van der Waals surface area contributed by atoms with Crippen LogP contribution in [0.4, 0.5) is 10.1 Å². The van der Waals surface area contributed by atoms with Crippen LogP contribution in [0.2, 0.25) is 5.02 Å². The Bertz CT molecular complexity index is 960. The zero-order chi connectivity index (χ0) is 19.2. The van der Waals surface area contributed by atoms with E-state index in [-0.39, 0.29) is 22.7 Å². The number of hydrogen-bond acceptors (Lipinski definition) is 2. The average Bonchev–Trinajstić information content (AvgIpc) is 2.67. The van der Waals surface area contributed by atoms with Gasteiger partial charge in [0, 0.05) is 17.1 Å². The highest BCUT2D eigenvalue weighted by atomic mass is 35.5. The maximum atomic E-state index is 13.0. The number of benzene rings is 3. The first kappa shape index (κ1) is 18.6. The summed E-state index contributed by atoms with van der Waals surface area (Å²) in [7, 11) is 0. The fraction of sp³-hybridized carbons (Fsp3) is 0.0476. The van der Waals surface area contributed by atoms with Crippen LogP contribution in [0.15, 0.2) is 72.8 Å². The highest BCUT2D eigenvalue weighted by molar-refractivity contribution is 6.31. The van der Waals surface area contributed by atoms with Crippen molar-refractivity contribution in [3.05, 3.63) is 100 Å². The monoisotopic (exact) mass is 382 g/mol. The predicted molar refractivity (Wildman–Crippen MR) is 103 cm³/mol. The van der Waals surface area contributed by atoms with Crippen molar-refractivity contribution in [1.82, 2.24) is 5.32 Å². The number of amides is 2. The fourth-order valence-electron chi connectivity index (χ4n) is 2.49. The zero-order valence-electron chi connectivity index (χ0n) is 14.2. The minimum atomic E-state index is -0.464. The minimum Gasteiger partial charge on any atom is -0.348 e. The van der Waals surface area contributed by atoms with Crippen molar-refractivity contribution in [2.24, 2.45) is 0 Å². The smallest absolute Gasteiger partial charge is 0.255 e. The Morgan fingerprint density at radius 2 is 1.59 bits per heavy atom. The van der Waals surface area contributed by atoms with Gasteiger partial charge in [0.05, 0.1) is 11.3 Å². The number of rotatable bonds is 5. The molecule has 27 heavy (non-hydrogen) atoms. The third kappa shape index (κ3) is 4.92. The molecular formula is C21H16ClFN2O2. The molecular weight excluding hydrogens is 367 g/mol. The lowest BCUT2D eigenvalue weighted by atomic mass is 10.1. The summed E-state index contributed by atoms with van der Waals surface area (Å²) < 4.78 is 13.0. The van der Waals surface area contributed by atoms with Gasteiger partial charge in [-0.25, -0.2) is 4.39 Å². The summed E-state index contributed by atoms with van der Waals surface area (Å²) in [4.78, 5) is 24.9. The van der Waals surface area contributed by atoms with E-state index < -0.39 is 11.7 Å². The molecule has 0 unspecified atom stereocenters. The summed E-state index contributed by atoms with van der Waals surface area (Å²) in [6, 6.07) is 19.2. The molecule has 136 valence electrons. The molecule has 0 heterocycles. The van der Waals surface area contributed by atoms with Crippen LogP contribution < -0.4 is 10.6 Å². The number of carbonyl (C=O) groups excluding carboxylic acids is 2. The van der Waals surface area contributed by atoms with Crippen LogP contribution in [-0.2, 0) is 6.54 Å². The van der Waals surface area contributed by atoms with Gasteiger partial charge in [0.15, 0.2) is 0 Å². The van der Waals surface area contributed by atoms with Crippen molar-refractivity contribution in [2.75, 3.05) is 5.32 Å². The number of hydrogen-bond donors (Lipinski definition) is 2. The molecule has 0 spiro atoms. The second kappa shape index (κ2) is 8.47. The SMILES string of the molecule is O=C(Nc1cc(Cl)ccc1C(=O)NCc1ccccc1)c1ccc(F)cc1. The largest absolute Gasteiger partial charge is 0.348 e. The van der Waals surface area contributed by atoms with Crippen LogP contribution >= 0.6 is 11.6 Å². The summed E-state index contributed by atoms with van der Waals surface area (Å²) in [5.74, 6) is -1.24. The van der Waals surface area contributed by atoms with E-state index in [0.717, 1.165) is 5.56 Å². The van der Waals surface area contributed by atoms with Crippen LogP contribution in [0, 0.1) is 5.82 Å². The van der Waals surface area contributed by atoms with E-state index in [2.05, 4.69) is 10.6 Å². The lowest BCUT2D eigenvalue weighted by Gasteiger charge is -2.12. The second-order valence-corrected chi connectivity index (χ2v) is 6.26. The first-order chi connectivity index (χ1) is 13.0. The third-order valence-corrected chi connectivity index (χ3v) is 4.11. The van der Waals surface area contributed by atoms with E-state index in [1.165, 1.54) is 30.3 Å². The van der Waals surface area contributed by atoms with Crippen molar-refractivity contribution in [3.63, 3.8) is 0 Å². The molecule has 0 saturated heterocycles. The Morgan fingerprint density at radius 3 is 2.30 bits per heavy atom. The average molecular weight is 383 g/mol. The molecule has 0 aliphatic heterocycles. The Kier molecular flexibility index (Phi) is 5.84. The van der Waals surface area contributed by atoms with E-state index in [1.54, 1.807) is 12.1 Å². The molecule has 3 rings (SSSR count). The highest BCUT2D eigenvalue weighted by Gasteiger charge is 2.15. The van der Waals surface area contributed by atoms with Gasteiger partial charge < -0.3 is 10.6 Å². The lowest BCUT2D eigenvalue weighted by Crippen LogP contribution is -2.25. The zero-order valence-corrected chi connectivity index (χ0v) is 15.0. The predicted octanol–water partition coefficient (Wildman–Crippen LogP) is 4.66. The van der Waals surface area contributed by atoms with Gasteiger partial charge in [0.25, 0.3) is 11.8 Å². The highest BCUT2D eigenvalue weighted by Crippen LogP contribution is 2.22. The van der Waals surface area contributed by atoms with Crippen LogP contribution in [-0.4, -0.2) is 11.8 Å². The molecule has 2 amide bonds. The molecule has 4 nitrogen and oxygen atoms in total. The molecule has 0 atom stereocenters. The first-order valence-electron chi connectivity index (χ1n) is 8.21. The molecule has 6 heteroatoms. The molecule has 0 aliphatic rings. The summed E-state index contributed by atoms with van der Waals surface area (Å²) in [6.45, 7) is 0.355. The van der Waals surface area contributed by atoms with Crippen molar-refractivity contribution in [1.29, 1.82) is 0 Å². The van der Waals surface area contributed by atoms with E-state index in [4.69, 9.17) is 11.6 Å². The van der Waals surface area contributed by atoms with Crippen molar-refractivity contribution >= 4 is 29.1 Å². The molecule has 0 saturated carbocycles. The summed E-state index contributed by atoms with van der Waals surface area (Å²) in [6.07, 6.45) is 0. The van der Waals surface area contributed by atoms with Gasteiger partial charge in [-0.05, 0) is 48.0 Å². The Morgan fingerprint density at radius 1 is 0.889 bits per heavy atom. The fourth-order valence-corrected chi connectivity index (χ4v) is 2.66. The molecule has 0 radical (unpaired) electrons. The molecule has 2 N–H and O–H groups in total. The number of nitrogens with one attached hydrogen (secondary N) is 2. The van der Waals surface area contributed by atoms with Gasteiger partial charge in [-0.2, -0.15) is 0 Å². The standard InChI is InChI=1S/C21H16ClFN2O2/c22-16-8-11-18(21(27)24-13-14-4-2-1-3-5-14)19(12-16)25-20(26)15-6-9-17(23)10-7-15/h1-12H,13H2,(H,24,27)(H,25,26). The van der Waals surface area contributed by atoms with E-state index in [9.17, 15) is 14.0 Å².